The average Bonchev–Trinajstić information content (AvgIpc) is 2.32. The summed E-state index contributed by atoms with van der Waals surface area (Å²) in [5.74, 6) is -4.33. The van der Waals surface area contributed by atoms with Crippen molar-refractivity contribution in [1.82, 2.24) is 5.32 Å². The number of hydrogen-bond donors (Lipinski definition) is 2. The van der Waals surface area contributed by atoms with Crippen LogP contribution >= 0.6 is 11.6 Å². The quantitative estimate of drug-likeness (QED) is 0.794. The second-order valence-corrected chi connectivity index (χ2v) is 4.22. The molecule has 1 rings (SSSR count). The van der Waals surface area contributed by atoms with Crippen LogP contribution in [0.2, 0.25) is 5.02 Å². The summed E-state index contributed by atoms with van der Waals surface area (Å²) in [5.41, 5.74) is 0.175. The maximum atomic E-state index is 12.6. The minimum absolute atomic E-state index is 0.0740. The molecule has 0 saturated carbocycles. The highest BCUT2D eigenvalue weighted by Crippen LogP contribution is 2.33. The lowest BCUT2D eigenvalue weighted by Crippen LogP contribution is -2.38. The molecule has 0 amide bonds. The summed E-state index contributed by atoms with van der Waals surface area (Å²) in [6.45, 7) is -1.45. The molecule has 0 unspecified atom stereocenters. The molecular formula is C11H12ClF4NO2. The van der Waals surface area contributed by atoms with E-state index in [1.165, 1.54) is 19.2 Å². The summed E-state index contributed by atoms with van der Waals surface area (Å²) < 4.78 is 54.0. The molecule has 0 fully saturated rings. The highest BCUT2D eigenvalue weighted by Gasteiger charge is 2.40. The SMILES string of the molecule is COc1cc(Cl)cc(CNCC(F)(F)C(F)F)c1O. The van der Waals surface area contributed by atoms with Gasteiger partial charge >= 0.3 is 12.3 Å². The molecule has 0 aliphatic rings. The van der Waals surface area contributed by atoms with Gasteiger partial charge in [0.15, 0.2) is 11.5 Å². The highest BCUT2D eigenvalue weighted by atomic mass is 35.5. The lowest BCUT2D eigenvalue weighted by molar-refractivity contribution is -0.125. The molecule has 0 aliphatic heterocycles. The molecule has 0 aliphatic carbocycles. The van der Waals surface area contributed by atoms with E-state index in [4.69, 9.17) is 16.3 Å². The number of rotatable bonds is 6. The Labute approximate surface area is 112 Å². The van der Waals surface area contributed by atoms with Crippen molar-refractivity contribution in [3.8, 4) is 11.5 Å². The van der Waals surface area contributed by atoms with Crippen LogP contribution in [0, 0.1) is 0 Å². The van der Waals surface area contributed by atoms with Crippen LogP contribution in [-0.2, 0) is 6.54 Å². The maximum Gasteiger partial charge on any atom is 0.319 e. The van der Waals surface area contributed by atoms with Crippen molar-refractivity contribution in [3.05, 3.63) is 22.7 Å². The Morgan fingerprint density at radius 2 is 2.05 bits per heavy atom. The van der Waals surface area contributed by atoms with E-state index in [2.05, 4.69) is 5.32 Å². The molecule has 0 heterocycles. The van der Waals surface area contributed by atoms with Gasteiger partial charge in [-0.2, -0.15) is 8.78 Å². The van der Waals surface area contributed by atoms with Gasteiger partial charge in [-0.15, -0.1) is 0 Å². The number of nitrogens with one attached hydrogen (secondary N) is 1. The minimum Gasteiger partial charge on any atom is -0.504 e. The lowest BCUT2D eigenvalue weighted by Gasteiger charge is -2.16. The van der Waals surface area contributed by atoms with E-state index < -0.39 is 18.9 Å². The molecule has 19 heavy (non-hydrogen) atoms. The van der Waals surface area contributed by atoms with Crippen LogP contribution in [0.25, 0.3) is 0 Å². The predicted molar refractivity (Wildman–Crippen MR) is 62.3 cm³/mol. The monoisotopic (exact) mass is 301 g/mol. The first kappa shape index (κ1) is 15.8. The fourth-order valence-corrected chi connectivity index (χ4v) is 1.59. The van der Waals surface area contributed by atoms with Gasteiger partial charge in [-0.3, -0.25) is 0 Å². The Morgan fingerprint density at radius 1 is 1.42 bits per heavy atom. The van der Waals surface area contributed by atoms with Crippen LogP contribution in [0.5, 0.6) is 11.5 Å². The fourth-order valence-electron chi connectivity index (χ4n) is 1.36. The number of halogens is 5. The molecular weight excluding hydrogens is 290 g/mol. The van der Waals surface area contributed by atoms with Gasteiger partial charge < -0.3 is 15.2 Å². The summed E-state index contributed by atoms with van der Waals surface area (Å²) in [4.78, 5) is 0. The number of ether oxygens (including phenoxy) is 1. The first-order chi connectivity index (χ1) is 8.77. The molecule has 108 valence electrons. The summed E-state index contributed by atoms with van der Waals surface area (Å²) >= 11 is 5.73. The number of phenols is 1. The van der Waals surface area contributed by atoms with E-state index in [1.807, 2.05) is 0 Å². The van der Waals surface area contributed by atoms with Gasteiger partial charge in [0.25, 0.3) is 0 Å². The van der Waals surface area contributed by atoms with Crippen LogP contribution in [0.1, 0.15) is 5.56 Å². The van der Waals surface area contributed by atoms with E-state index in [-0.39, 0.29) is 28.6 Å². The Morgan fingerprint density at radius 3 is 2.58 bits per heavy atom. The second kappa shape index (κ2) is 6.29. The van der Waals surface area contributed by atoms with Gasteiger partial charge in [-0.25, -0.2) is 8.78 Å². The van der Waals surface area contributed by atoms with Crippen LogP contribution in [-0.4, -0.2) is 31.1 Å². The van der Waals surface area contributed by atoms with Crippen molar-refractivity contribution in [3.63, 3.8) is 0 Å². The van der Waals surface area contributed by atoms with E-state index in [0.29, 0.717) is 0 Å². The minimum atomic E-state index is -4.13. The van der Waals surface area contributed by atoms with Gasteiger partial charge in [0.1, 0.15) is 0 Å². The zero-order valence-corrected chi connectivity index (χ0v) is 10.6. The smallest absolute Gasteiger partial charge is 0.319 e. The topological polar surface area (TPSA) is 41.5 Å². The molecule has 1 aromatic carbocycles. The van der Waals surface area contributed by atoms with E-state index in [1.54, 1.807) is 0 Å². The molecule has 1 aromatic rings. The third-order valence-electron chi connectivity index (χ3n) is 2.33. The van der Waals surface area contributed by atoms with Crippen molar-refractivity contribution in [2.45, 2.75) is 18.9 Å². The largest absolute Gasteiger partial charge is 0.504 e. The third-order valence-corrected chi connectivity index (χ3v) is 2.55. The fraction of sp³-hybridized carbons (Fsp3) is 0.455. The van der Waals surface area contributed by atoms with Crippen LogP contribution in [0.15, 0.2) is 12.1 Å². The summed E-state index contributed by atoms with van der Waals surface area (Å²) in [6.07, 6.45) is -3.75. The van der Waals surface area contributed by atoms with Gasteiger partial charge in [-0.1, -0.05) is 11.6 Å². The predicted octanol–water partition coefficient (Wildman–Crippen LogP) is 3.04. The second-order valence-electron chi connectivity index (χ2n) is 3.78. The number of benzene rings is 1. The molecule has 0 spiro atoms. The van der Waals surface area contributed by atoms with Crippen LogP contribution in [0.3, 0.4) is 0 Å². The molecule has 0 bridgehead atoms. The Bertz CT molecular complexity index is 443. The Kier molecular flexibility index (Phi) is 5.25. The van der Waals surface area contributed by atoms with Gasteiger partial charge in [0, 0.05) is 23.2 Å². The number of hydrogen-bond acceptors (Lipinski definition) is 3. The molecule has 8 heteroatoms. The molecule has 0 saturated heterocycles. The molecule has 0 atom stereocenters. The number of alkyl halides is 4. The van der Waals surface area contributed by atoms with E-state index in [0.717, 1.165) is 0 Å². The van der Waals surface area contributed by atoms with Crippen molar-refractivity contribution in [1.29, 1.82) is 0 Å². The normalized spacial score (nSPS) is 11.9. The molecule has 3 nitrogen and oxygen atoms in total. The number of methoxy groups -OCH3 is 1. The number of phenolic OH excluding ortho intramolecular Hbond substituents is 1. The van der Waals surface area contributed by atoms with E-state index in [9.17, 15) is 22.7 Å². The highest BCUT2D eigenvalue weighted by molar-refractivity contribution is 6.30. The zero-order valence-electron chi connectivity index (χ0n) is 9.89. The first-order valence-electron chi connectivity index (χ1n) is 5.20. The van der Waals surface area contributed by atoms with E-state index >= 15 is 0 Å². The summed E-state index contributed by atoms with van der Waals surface area (Å²) in [5, 5.41) is 12.1. The van der Waals surface area contributed by atoms with Crippen molar-refractivity contribution >= 4 is 11.6 Å². The first-order valence-corrected chi connectivity index (χ1v) is 5.57. The Balaban J connectivity index is 2.71. The van der Waals surface area contributed by atoms with Crippen LogP contribution in [0.4, 0.5) is 17.6 Å². The lowest BCUT2D eigenvalue weighted by atomic mass is 10.2. The van der Waals surface area contributed by atoms with Crippen LogP contribution < -0.4 is 10.1 Å². The van der Waals surface area contributed by atoms with Crippen molar-refractivity contribution in [2.75, 3.05) is 13.7 Å². The van der Waals surface area contributed by atoms with Gasteiger partial charge in [0.2, 0.25) is 0 Å². The third kappa shape index (κ3) is 4.14. The average molecular weight is 302 g/mol. The van der Waals surface area contributed by atoms with Gasteiger partial charge in [0.05, 0.1) is 13.7 Å². The molecule has 0 radical (unpaired) electrons. The standard InChI is InChI=1S/C11H12ClF4NO2/c1-19-8-3-7(12)2-6(9(8)18)4-17-5-11(15,16)10(13)14/h2-3,10,17-18H,4-5H2,1H3. The maximum absolute atomic E-state index is 12.6. The summed E-state index contributed by atoms with van der Waals surface area (Å²) in [7, 11) is 1.30. The summed E-state index contributed by atoms with van der Waals surface area (Å²) in [6, 6.07) is 2.67. The molecule has 2 N–H and O–H groups in total. The number of aromatic hydroxyl groups is 1. The zero-order chi connectivity index (χ0) is 14.6. The van der Waals surface area contributed by atoms with Crippen molar-refractivity contribution < 1.29 is 27.4 Å². The van der Waals surface area contributed by atoms with Gasteiger partial charge in [-0.05, 0) is 6.07 Å². The Hall–Kier alpha value is -1.21. The molecule has 0 aromatic heterocycles. The van der Waals surface area contributed by atoms with Crippen molar-refractivity contribution in [2.24, 2.45) is 0 Å².